The van der Waals surface area contributed by atoms with E-state index in [1.165, 1.54) is 0 Å². The predicted molar refractivity (Wildman–Crippen MR) is 78.2 cm³/mol. The van der Waals surface area contributed by atoms with Crippen molar-refractivity contribution in [1.29, 1.82) is 0 Å². The van der Waals surface area contributed by atoms with Gasteiger partial charge in [-0.3, -0.25) is 4.79 Å². The summed E-state index contributed by atoms with van der Waals surface area (Å²) in [5.41, 5.74) is -0.387. The first-order valence-corrected chi connectivity index (χ1v) is 8.84. The molecular formula is C15H23NO3S. The third-order valence-electron chi connectivity index (χ3n) is 5.24. The fraction of sp³-hybridized carbons (Fsp3) is 0.800. The molecule has 2 fully saturated rings. The molecule has 1 saturated heterocycles. The molecule has 20 heavy (non-hydrogen) atoms. The first-order chi connectivity index (χ1) is 9.18. The maximum Gasteiger partial charge on any atom is 0.312 e. The molecule has 0 bridgehead atoms. The topological polar surface area (TPSA) is 54.5 Å². The predicted octanol–water partition coefficient (Wildman–Crippen LogP) is 2.16. The molecule has 1 amide bonds. The average molecular weight is 297 g/mol. The number of amides is 1. The number of sulfonamides is 1. The molecule has 1 aliphatic heterocycles. The van der Waals surface area contributed by atoms with Crippen LogP contribution in [0.2, 0.25) is 0 Å². The van der Waals surface area contributed by atoms with Crippen LogP contribution in [0.5, 0.6) is 0 Å². The Labute approximate surface area is 122 Å². The molecular weight excluding hydrogens is 274 g/mol. The molecule has 0 aromatic carbocycles. The normalized spacial score (nSPS) is 34.0. The summed E-state index contributed by atoms with van der Waals surface area (Å²) < 4.78 is 26.0. The molecule has 0 aromatic rings. The second-order valence-corrected chi connectivity index (χ2v) is 8.43. The summed E-state index contributed by atoms with van der Waals surface area (Å²) in [5, 5.41) is 0. The molecule has 2 rings (SSSR count). The molecule has 112 valence electrons. The molecule has 1 heterocycles. The number of carbonyl (C=O) groups excluding carboxylic acids is 1. The van der Waals surface area contributed by atoms with Crippen molar-refractivity contribution in [2.75, 3.05) is 5.75 Å². The maximum absolute atomic E-state index is 12.5. The van der Waals surface area contributed by atoms with Crippen LogP contribution in [0.4, 0.5) is 0 Å². The van der Waals surface area contributed by atoms with Crippen molar-refractivity contribution >= 4 is 15.9 Å². The van der Waals surface area contributed by atoms with Gasteiger partial charge < -0.3 is 0 Å². The van der Waals surface area contributed by atoms with Crippen LogP contribution in [0.3, 0.4) is 0 Å². The van der Waals surface area contributed by atoms with Gasteiger partial charge in [0.15, 0.2) is 0 Å². The van der Waals surface area contributed by atoms with Gasteiger partial charge in [0.1, 0.15) is 0 Å². The first kappa shape index (κ1) is 15.4. The van der Waals surface area contributed by atoms with Crippen LogP contribution in [0, 0.1) is 22.7 Å². The highest BCUT2D eigenvalue weighted by Gasteiger charge is 2.63. The Hall–Kier alpha value is -1.02. The van der Waals surface area contributed by atoms with Crippen molar-refractivity contribution in [2.45, 2.75) is 59.4 Å². The lowest BCUT2D eigenvalue weighted by molar-refractivity contribution is -0.123. The second kappa shape index (κ2) is 4.77. The third-order valence-corrected chi connectivity index (χ3v) is 7.20. The van der Waals surface area contributed by atoms with Crippen molar-refractivity contribution in [1.82, 2.24) is 4.31 Å². The SMILES string of the molecule is CCC#CC(=O)N1C(C)C2(CCCC2(C)C)CS1(=O)=O. The summed E-state index contributed by atoms with van der Waals surface area (Å²) in [4.78, 5) is 12.2. The summed E-state index contributed by atoms with van der Waals surface area (Å²) in [6.45, 7) is 7.95. The van der Waals surface area contributed by atoms with Crippen LogP contribution >= 0.6 is 0 Å². The maximum atomic E-state index is 12.5. The van der Waals surface area contributed by atoms with E-state index in [1.54, 1.807) is 0 Å². The van der Waals surface area contributed by atoms with E-state index in [-0.39, 0.29) is 22.6 Å². The van der Waals surface area contributed by atoms with E-state index in [0.717, 1.165) is 23.6 Å². The zero-order valence-electron chi connectivity index (χ0n) is 12.7. The number of carbonyl (C=O) groups is 1. The van der Waals surface area contributed by atoms with E-state index in [1.807, 2.05) is 13.8 Å². The van der Waals surface area contributed by atoms with Crippen LogP contribution in [0.25, 0.3) is 0 Å². The first-order valence-electron chi connectivity index (χ1n) is 7.23. The highest BCUT2D eigenvalue weighted by atomic mass is 32.2. The number of rotatable bonds is 0. The average Bonchev–Trinajstić information content (AvgIpc) is 2.72. The molecule has 0 aromatic heterocycles. The fourth-order valence-corrected chi connectivity index (χ4v) is 6.53. The Bertz CT molecular complexity index is 582. The minimum Gasteiger partial charge on any atom is -0.258 e. The van der Waals surface area contributed by atoms with Gasteiger partial charge in [0.2, 0.25) is 10.0 Å². The summed E-state index contributed by atoms with van der Waals surface area (Å²) in [5.74, 6) is 4.64. The van der Waals surface area contributed by atoms with Gasteiger partial charge in [0.05, 0.1) is 11.8 Å². The Kier molecular flexibility index (Phi) is 3.66. The highest BCUT2D eigenvalue weighted by Crippen LogP contribution is 2.59. The summed E-state index contributed by atoms with van der Waals surface area (Å²) >= 11 is 0. The lowest BCUT2D eigenvalue weighted by Gasteiger charge is -2.41. The monoisotopic (exact) mass is 297 g/mol. The van der Waals surface area contributed by atoms with E-state index in [9.17, 15) is 13.2 Å². The van der Waals surface area contributed by atoms with Crippen LogP contribution in [-0.2, 0) is 14.8 Å². The van der Waals surface area contributed by atoms with E-state index < -0.39 is 15.9 Å². The van der Waals surface area contributed by atoms with Gasteiger partial charge in [0, 0.05) is 11.8 Å². The van der Waals surface area contributed by atoms with E-state index in [2.05, 4.69) is 25.7 Å². The van der Waals surface area contributed by atoms with Crippen LogP contribution < -0.4 is 0 Å². The van der Waals surface area contributed by atoms with Gasteiger partial charge in [-0.25, -0.2) is 12.7 Å². The quantitative estimate of drug-likeness (QED) is 0.644. The third kappa shape index (κ3) is 2.05. The lowest BCUT2D eigenvalue weighted by Crippen LogP contribution is -2.46. The lowest BCUT2D eigenvalue weighted by atomic mass is 9.65. The largest absolute Gasteiger partial charge is 0.312 e. The Balaban J connectivity index is 2.44. The van der Waals surface area contributed by atoms with Gasteiger partial charge in [-0.2, -0.15) is 0 Å². The zero-order valence-corrected chi connectivity index (χ0v) is 13.5. The standard InChI is InChI=1S/C15H23NO3S/c1-5-6-8-13(17)16-12(2)15(11-20(16,18)19)10-7-9-14(15,3)4/h12H,5,7,9-11H2,1-4H3. The molecule has 1 spiro atoms. The van der Waals surface area contributed by atoms with Crippen molar-refractivity contribution in [3.05, 3.63) is 0 Å². The molecule has 2 aliphatic rings. The van der Waals surface area contributed by atoms with Crippen molar-refractivity contribution < 1.29 is 13.2 Å². The van der Waals surface area contributed by atoms with Crippen molar-refractivity contribution in [3.8, 4) is 11.8 Å². The van der Waals surface area contributed by atoms with E-state index >= 15 is 0 Å². The van der Waals surface area contributed by atoms with Crippen LogP contribution in [0.15, 0.2) is 0 Å². The molecule has 0 radical (unpaired) electrons. The Morgan fingerprint density at radius 1 is 1.35 bits per heavy atom. The molecule has 2 unspecified atom stereocenters. The van der Waals surface area contributed by atoms with Gasteiger partial charge >= 0.3 is 5.91 Å². The van der Waals surface area contributed by atoms with E-state index in [4.69, 9.17) is 0 Å². The summed E-state index contributed by atoms with van der Waals surface area (Å²) in [7, 11) is -3.55. The minimum atomic E-state index is -3.55. The van der Waals surface area contributed by atoms with Crippen LogP contribution in [-0.4, -0.2) is 30.4 Å². The van der Waals surface area contributed by atoms with Gasteiger partial charge in [-0.15, -0.1) is 0 Å². The van der Waals surface area contributed by atoms with Crippen LogP contribution in [0.1, 0.15) is 53.4 Å². The van der Waals surface area contributed by atoms with Crippen molar-refractivity contribution in [3.63, 3.8) is 0 Å². The zero-order chi connectivity index (χ0) is 15.2. The van der Waals surface area contributed by atoms with Gasteiger partial charge in [0.25, 0.3) is 0 Å². The Morgan fingerprint density at radius 2 is 2.00 bits per heavy atom. The fourth-order valence-electron chi connectivity index (χ4n) is 3.98. The number of hydrogen-bond donors (Lipinski definition) is 0. The Morgan fingerprint density at radius 3 is 2.50 bits per heavy atom. The number of nitrogens with zero attached hydrogens (tertiary/aromatic N) is 1. The molecule has 0 N–H and O–H groups in total. The molecule has 1 saturated carbocycles. The highest BCUT2D eigenvalue weighted by molar-refractivity contribution is 7.90. The van der Waals surface area contributed by atoms with Gasteiger partial charge in [-0.05, 0) is 31.1 Å². The summed E-state index contributed by atoms with van der Waals surface area (Å²) in [6.07, 6.45) is 3.45. The summed E-state index contributed by atoms with van der Waals surface area (Å²) in [6, 6.07) is -0.302. The van der Waals surface area contributed by atoms with Gasteiger partial charge in [-0.1, -0.05) is 33.1 Å². The van der Waals surface area contributed by atoms with E-state index in [0.29, 0.717) is 6.42 Å². The molecule has 2 atom stereocenters. The molecule has 4 nitrogen and oxygen atoms in total. The number of hydrogen-bond acceptors (Lipinski definition) is 3. The second-order valence-electron chi connectivity index (χ2n) is 6.58. The molecule has 1 aliphatic carbocycles. The smallest absolute Gasteiger partial charge is 0.258 e. The van der Waals surface area contributed by atoms with Crippen molar-refractivity contribution in [2.24, 2.45) is 10.8 Å². The minimum absolute atomic E-state index is 0.0628. The molecule has 5 heteroatoms.